The number of amides is 1. The van der Waals surface area contributed by atoms with Gasteiger partial charge in [-0.3, -0.25) is 4.79 Å². The Morgan fingerprint density at radius 2 is 1.31 bits per heavy atom. The summed E-state index contributed by atoms with van der Waals surface area (Å²) >= 11 is 0. The molecule has 0 aromatic carbocycles. The summed E-state index contributed by atoms with van der Waals surface area (Å²) < 4.78 is 38.1. The van der Waals surface area contributed by atoms with E-state index in [9.17, 15) is 55.9 Å². The van der Waals surface area contributed by atoms with Crippen LogP contribution in [0.15, 0.2) is 12.7 Å². The molecule has 0 saturated carbocycles. The summed E-state index contributed by atoms with van der Waals surface area (Å²) in [7, 11) is 0. The predicted molar refractivity (Wildman–Crippen MR) is 143 cm³/mol. The highest BCUT2D eigenvalue weighted by molar-refractivity contribution is 5.86. The minimum Gasteiger partial charge on any atom is -0.394 e. The third-order valence-electron chi connectivity index (χ3n) is 7.62. The van der Waals surface area contributed by atoms with Gasteiger partial charge in [-0.2, -0.15) is 0 Å². The topological polar surface area (TPSA) is 296 Å². The third-order valence-corrected chi connectivity index (χ3v) is 7.62. The van der Waals surface area contributed by atoms with Crippen molar-refractivity contribution in [2.24, 2.45) is 0 Å². The molecule has 0 bridgehead atoms. The lowest BCUT2D eigenvalue weighted by Crippen LogP contribution is -2.65. The van der Waals surface area contributed by atoms with Gasteiger partial charge < -0.3 is 89.5 Å². The second kappa shape index (κ2) is 17.6. The molecule has 3 saturated heterocycles. The van der Waals surface area contributed by atoms with Gasteiger partial charge in [0.05, 0.1) is 32.5 Å². The Hall–Kier alpha value is -1.47. The van der Waals surface area contributed by atoms with Crippen molar-refractivity contribution in [2.75, 3.05) is 33.2 Å². The Balaban J connectivity index is 1.62. The average Bonchev–Trinajstić information content (AvgIpc) is 3.03. The summed E-state index contributed by atoms with van der Waals surface area (Å²) in [5.41, 5.74) is 0. The van der Waals surface area contributed by atoms with Crippen molar-refractivity contribution in [3.63, 3.8) is 0 Å². The largest absolute Gasteiger partial charge is 0.394 e. The van der Waals surface area contributed by atoms with Crippen LogP contribution in [-0.4, -0.2) is 188 Å². The predicted octanol–water partition coefficient (Wildman–Crippen LogP) is -6.49. The lowest BCUT2D eigenvalue weighted by atomic mass is 9.97. The summed E-state index contributed by atoms with van der Waals surface area (Å²) in [6.07, 6.45) is -24.1. The summed E-state index contributed by atoms with van der Waals surface area (Å²) in [5.74, 6) is -0.584. The van der Waals surface area contributed by atoms with E-state index in [1.807, 2.05) is 0 Å². The maximum absolute atomic E-state index is 11.3. The Bertz CT molecular complexity index is 915. The lowest BCUT2D eigenvalue weighted by Gasteiger charge is -2.46. The zero-order valence-corrected chi connectivity index (χ0v) is 24.5. The van der Waals surface area contributed by atoms with Crippen molar-refractivity contribution in [3.05, 3.63) is 12.7 Å². The van der Waals surface area contributed by atoms with Crippen molar-refractivity contribution >= 4 is 5.91 Å². The van der Waals surface area contributed by atoms with Crippen LogP contribution in [0.2, 0.25) is 0 Å². The SMILES string of the molecule is C=CC(=O)NCO[C@@H]1O[C@@H](CO)[C@@H](O[C@@H]2OC(CO[C@H]3OC(COCC(O)CC)[C@H](O)[C@H](O)C3O)[C@@H](O)[C@H](O)C2O)C(O)C1O. The second-order valence-corrected chi connectivity index (χ2v) is 10.8. The van der Waals surface area contributed by atoms with Gasteiger partial charge in [0.1, 0.15) is 80.0 Å². The molecule has 0 aliphatic carbocycles. The molecule has 7 unspecified atom stereocenters. The van der Waals surface area contributed by atoms with Crippen LogP contribution in [0, 0.1) is 0 Å². The number of hydrogen-bond acceptors (Lipinski definition) is 18. The molecule has 0 aromatic heterocycles. The van der Waals surface area contributed by atoms with E-state index < -0.39 is 124 Å². The molecule has 3 aliphatic rings. The maximum atomic E-state index is 11.3. The Labute approximate surface area is 258 Å². The number of nitrogens with one attached hydrogen (secondary N) is 1. The number of carbonyl (C=O) groups excluding carboxylic acids is 1. The summed E-state index contributed by atoms with van der Waals surface area (Å²) in [4.78, 5) is 11.3. The van der Waals surface area contributed by atoms with Gasteiger partial charge in [-0.1, -0.05) is 13.5 Å². The highest BCUT2D eigenvalue weighted by Gasteiger charge is 2.51. The van der Waals surface area contributed by atoms with Gasteiger partial charge in [0.25, 0.3) is 0 Å². The maximum Gasteiger partial charge on any atom is 0.245 e. The van der Waals surface area contributed by atoms with E-state index in [-0.39, 0.29) is 13.2 Å². The molecule has 16 atom stereocenters. The molecule has 45 heavy (non-hydrogen) atoms. The van der Waals surface area contributed by atoms with Gasteiger partial charge in [-0.15, -0.1) is 0 Å². The van der Waals surface area contributed by atoms with Crippen molar-refractivity contribution in [3.8, 4) is 0 Å². The molecule has 11 N–H and O–H groups in total. The number of aliphatic hydroxyl groups excluding tert-OH is 10. The number of hydrogen-bond donors (Lipinski definition) is 11. The van der Waals surface area contributed by atoms with Gasteiger partial charge in [-0.05, 0) is 12.5 Å². The first kappa shape index (κ1) is 38.0. The molecule has 262 valence electrons. The zero-order chi connectivity index (χ0) is 33.4. The van der Waals surface area contributed by atoms with E-state index >= 15 is 0 Å². The molecule has 3 heterocycles. The van der Waals surface area contributed by atoms with Crippen LogP contribution in [0.25, 0.3) is 0 Å². The molecule has 3 rings (SSSR count). The minimum absolute atomic E-state index is 0.0759. The quantitative estimate of drug-likeness (QED) is 0.0575. The Morgan fingerprint density at radius 1 is 0.778 bits per heavy atom. The summed E-state index contributed by atoms with van der Waals surface area (Å²) in [5, 5.41) is 105. The van der Waals surface area contributed by atoms with Gasteiger partial charge in [-0.25, -0.2) is 0 Å². The second-order valence-electron chi connectivity index (χ2n) is 10.8. The van der Waals surface area contributed by atoms with E-state index in [0.29, 0.717) is 6.42 Å². The van der Waals surface area contributed by atoms with E-state index in [1.54, 1.807) is 6.92 Å². The molecule has 0 radical (unpaired) electrons. The molecule has 19 heteroatoms. The Kier molecular flexibility index (Phi) is 14.9. The van der Waals surface area contributed by atoms with Gasteiger partial charge >= 0.3 is 0 Å². The molecule has 0 aromatic rings. The average molecular weight is 660 g/mol. The van der Waals surface area contributed by atoms with Gasteiger partial charge in [0.2, 0.25) is 5.91 Å². The van der Waals surface area contributed by atoms with Gasteiger partial charge in [0, 0.05) is 0 Å². The smallest absolute Gasteiger partial charge is 0.245 e. The van der Waals surface area contributed by atoms with Gasteiger partial charge in [0.15, 0.2) is 18.9 Å². The molecule has 0 spiro atoms. The lowest BCUT2D eigenvalue weighted by molar-refractivity contribution is -0.365. The first-order chi connectivity index (χ1) is 21.3. The number of aliphatic hydroxyl groups is 10. The van der Waals surface area contributed by atoms with Crippen molar-refractivity contribution < 1.29 is 89.0 Å². The van der Waals surface area contributed by atoms with E-state index in [4.69, 9.17) is 33.2 Å². The molecular weight excluding hydrogens is 614 g/mol. The normalized spacial score (nSPS) is 43.0. The fourth-order valence-corrected chi connectivity index (χ4v) is 4.77. The van der Waals surface area contributed by atoms with Crippen molar-refractivity contribution in [2.45, 2.75) is 112 Å². The number of rotatable bonds is 15. The van der Waals surface area contributed by atoms with Crippen LogP contribution < -0.4 is 5.32 Å². The number of ether oxygens (including phenoxy) is 7. The first-order valence-electron chi connectivity index (χ1n) is 14.4. The molecular formula is C26H45NO18. The van der Waals surface area contributed by atoms with Crippen LogP contribution in [-0.2, 0) is 38.0 Å². The minimum atomic E-state index is -1.91. The van der Waals surface area contributed by atoms with Crippen LogP contribution in [0.1, 0.15) is 13.3 Å². The highest BCUT2D eigenvalue weighted by atomic mass is 16.8. The van der Waals surface area contributed by atoms with Crippen molar-refractivity contribution in [1.29, 1.82) is 0 Å². The molecule has 1 amide bonds. The fourth-order valence-electron chi connectivity index (χ4n) is 4.77. The van der Waals surface area contributed by atoms with Crippen LogP contribution in [0.3, 0.4) is 0 Å². The molecule has 3 aliphatic heterocycles. The van der Waals surface area contributed by atoms with E-state index in [0.717, 1.165) is 6.08 Å². The van der Waals surface area contributed by atoms with Crippen molar-refractivity contribution in [1.82, 2.24) is 5.32 Å². The zero-order valence-electron chi connectivity index (χ0n) is 24.5. The first-order valence-corrected chi connectivity index (χ1v) is 14.4. The van der Waals surface area contributed by atoms with Crippen LogP contribution in [0.4, 0.5) is 0 Å². The highest BCUT2D eigenvalue weighted by Crippen LogP contribution is 2.30. The number of carbonyl (C=O) groups is 1. The standard InChI is InChI=1S/C26H45NO18/c1-3-10(29)6-39-7-12-15(31)17(33)20(36)24(43-12)40-8-13-16(32)18(34)21(37)26(44-13)45-23-11(5-28)42-25(22(38)19(23)35)41-9-27-14(30)4-2/h4,10-13,15-26,28-29,31-38H,2-3,5-9H2,1H3,(H,27,30)/t10?,11-,12?,13?,15-,16+,17-,18-,19?,20?,21?,22?,23+,24-,25+,26-/m0/s1. The molecule has 19 nitrogen and oxygen atoms in total. The van der Waals surface area contributed by atoms with E-state index in [1.165, 1.54) is 0 Å². The van der Waals surface area contributed by atoms with E-state index in [2.05, 4.69) is 11.9 Å². The summed E-state index contributed by atoms with van der Waals surface area (Å²) in [6.45, 7) is 2.81. The third kappa shape index (κ3) is 9.55. The summed E-state index contributed by atoms with van der Waals surface area (Å²) in [6, 6.07) is 0. The van der Waals surface area contributed by atoms with Crippen LogP contribution >= 0.6 is 0 Å². The Morgan fingerprint density at radius 3 is 1.91 bits per heavy atom. The van der Waals surface area contributed by atoms with Crippen LogP contribution in [0.5, 0.6) is 0 Å². The molecule has 3 fully saturated rings. The monoisotopic (exact) mass is 659 g/mol. The fraction of sp³-hybridized carbons (Fsp3) is 0.885.